The van der Waals surface area contributed by atoms with Crippen LogP contribution >= 0.6 is 0 Å². The Balaban J connectivity index is 1.35. The Morgan fingerprint density at radius 1 is 1.00 bits per heavy atom. The predicted molar refractivity (Wildman–Crippen MR) is 119 cm³/mol. The summed E-state index contributed by atoms with van der Waals surface area (Å²) < 4.78 is 5.54. The molecule has 7 heteroatoms. The number of ether oxygens (including phenoxy) is 1. The fraction of sp³-hybridized carbons (Fsp3) is 0.400. The highest BCUT2D eigenvalue weighted by Crippen LogP contribution is 2.44. The highest BCUT2D eigenvalue weighted by molar-refractivity contribution is 5.89. The van der Waals surface area contributed by atoms with Crippen molar-refractivity contribution >= 4 is 18.0 Å². The number of carboxylic acids is 1. The highest BCUT2D eigenvalue weighted by Gasteiger charge is 2.36. The number of rotatable bonds is 6. The van der Waals surface area contributed by atoms with Gasteiger partial charge in [0.15, 0.2) is 0 Å². The molecule has 0 heterocycles. The van der Waals surface area contributed by atoms with Gasteiger partial charge in [0.25, 0.3) is 0 Å². The summed E-state index contributed by atoms with van der Waals surface area (Å²) in [6.45, 7) is 3.38. The van der Waals surface area contributed by atoms with Gasteiger partial charge in [-0.3, -0.25) is 9.59 Å². The summed E-state index contributed by atoms with van der Waals surface area (Å²) >= 11 is 0. The third kappa shape index (κ3) is 4.33. The Kier molecular flexibility index (Phi) is 5.91. The van der Waals surface area contributed by atoms with Crippen molar-refractivity contribution in [2.45, 2.75) is 50.6 Å². The predicted octanol–water partition coefficient (Wildman–Crippen LogP) is 3.67. The van der Waals surface area contributed by atoms with E-state index in [1.807, 2.05) is 36.4 Å². The molecule has 2 amide bonds. The Morgan fingerprint density at radius 3 is 2.16 bits per heavy atom. The van der Waals surface area contributed by atoms with Gasteiger partial charge in [0.2, 0.25) is 5.91 Å². The number of fused-ring (bicyclic) bond motifs is 3. The first kappa shape index (κ1) is 21.9. The van der Waals surface area contributed by atoms with E-state index in [0.717, 1.165) is 22.3 Å². The van der Waals surface area contributed by atoms with Crippen LogP contribution in [-0.2, 0) is 14.3 Å². The quantitative estimate of drug-likeness (QED) is 0.641. The monoisotopic (exact) mass is 436 g/mol. The van der Waals surface area contributed by atoms with Crippen molar-refractivity contribution in [2.75, 3.05) is 6.61 Å². The third-order valence-corrected chi connectivity index (χ3v) is 6.44. The SMILES string of the molecule is CC(C)(NC(=O)OCC1c2ccccc2-c2ccccc21)C(=O)N[C@H]1CC[C@@H](C(=O)O)C1. The molecule has 168 valence electrons. The summed E-state index contributed by atoms with van der Waals surface area (Å²) in [5.41, 5.74) is 3.34. The lowest BCUT2D eigenvalue weighted by molar-refractivity contribution is -0.141. The van der Waals surface area contributed by atoms with Gasteiger partial charge in [0.1, 0.15) is 12.1 Å². The van der Waals surface area contributed by atoms with Gasteiger partial charge in [-0.05, 0) is 55.4 Å². The van der Waals surface area contributed by atoms with Gasteiger partial charge in [-0.1, -0.05) is 48.5 Å². The van der Waals surface area contributed by atoms with Crippen LogP contribution in [0.15, 0.2) is 48.5 Å². The van der Waals surface area contributed by atoms with Gasteiger partial charge in [-0.25, -0.2) is 4.79 Å². The lowest BCUT2D eigenvalue weighted by Crippen LogP contribution is -2.56. The average molecular weight is 437 g/mol. The van der Waals surface area contributed by atoms with Gasteiger partial charge in [0.05, 0.1) is 5.92 Å². The smallest absolute Gasteiger partial charge is 0.408 e. The molecule has 0 saturated heterocycles. The number of carbonyl (C=O) groups is 3. The normalized spacial score (nSPS) is 19.7. The topological polar surface area (TPSA) is 105 Å². The van der Waals surface area contributed by atoms with Crippen molar-refractivity contribution in [1.82, 2.24) is 10.6 Å². The van der Waals surface area contributed by atoms with Gasteiger partial charge in [0, 0.05) is 12.0 Å². The molecule has 4 rings (SSSR count). The summed E-state index contributed by atoms with van der Waals surface area (Å²) in [6.07, 6.45) is 0.897. The summed E-state index contributed by atoms with van der Waals surface area (Å²) in [7, 11) is 0. The zero-order valence-electron chi connectivity index (χ0n) is 18.3. The van der Waals surface area contributed by atoms with Gasteiger partial charge < -0.3 is 20.5 Å². The van der Waals surface area contributed by atoms with E-state index >= 15 is 0 Å². The fourth-order valence-corrected chi connectivity index (χ4v) is 4.65. The maximum atomic E-state index is 12.7. The molecule has 2 aromatic rings. The maximum Gasteiger partial charge on any atom is 0.408 e. The van der Waals surface area contributed by atoms with E-state index < -0.39 is 23.5 Å². The summed E-state index contributed by atoms with van der Waals surface area (Å²) in [5.74, 6) is -1.69. The molecule has 0 spiro atoms. The number of hydrogen-bond donors (Lipinski definition) is 3. The second-order valence-corrected chi connectivity index (χ2v) is 9.09. The standard InChI is InChI=1S/C25H28N2O5/c1-25(2,23(30)26-16-12-11-15(13-16)22(28)29)27-24(31)32-14-21-19-9-5-3-7-17(19)18-8-4-6-10-20(18)21/h3-10,15-16,21H,11-14H2,1-2H3,(H,26,30)(H,27,31)(H,28,29)/t15-,16+/m1/s1. The molecular weight excluding hydrogens is 408 g/mol. The van der Waals surface area contributed by atoms with Gasteiger partial charge in [-0.2, -0.15) is 0 Å². The Bertz CT molecular complexity index is 1000. The molecule has 0 aliphatic heterocycles. The molecule has 1 fully saturated rings. The first-order valence-corrected chi connectivity index (χ1v) is 10.9. The number of carboxylic acid groups (broad SMARTS) is 1. The van der Waals surface area contributed by atoms with Crippen LogP contribution in [-0.4, -0.2) is 41.3 Å². The van der Waals surface area contributed by atoms with E-state index in [1.165, 1.54) is 0 Å². The second-order valence-electron chi connectivity index (χ2n) is 9.09. The number of alkyl carbamates (subject to hydrolysis) is 1. The molecule has 0 unspecified atom stereocenters. The summed E-state index contributed by atoms with van der Waals surface area (Å²) in [4.78, 5) is 36.3. The van der Waals surface area contributed by atoms with Gasteiger partial charge in [-0.15, -0.1) is 0 Å². The molecule has 2 aliphatic rings. The van der Waals surface area contributed by atoms with Crippen LogP contribution in [0.25, 0.3) is 11.1 Å². The molecule has 1 saturated carbocycles. The first-order valence-electron chi connectivity index (χ1n) is 10.9. The zero-order valence-corrected chi connectivity index (χ0v) is 18.3. The molecule has 32 heavy (non-hydrogen) atoms. The Labute approximate surface area is 187 Å². The number of aliphatic carboxylic acids is 1. The number of hydrogen-bond acceptors (Lipinski definition) is 4. The second kappa shape index (κ2) is 8.65. The van der Waals surface area contributed by atoms with E-state index in [-0.39, 0.29) is 24.5 Å². The molecule has 3 N–H and O–H groups in total. The number of benzene rings is 2. The molecule has 0 radical (unpaired) electrons. The third-order valence-electron chi connectivity index (χ3n) is 6.44. The van der Waals surface area contributed by atoms with Crippen molar-refractivity contribution in [3.63, 3.8) is 0 Å². The first-order chi connectivity index (χ1) is 15.3. The Morgan fingerprint density at radius 2 is 1.59 bits per heavy atom. The van der Waals surface area contributed by atoms with Crippen LogP contribution in [0.5, 0.6) is 0 Å². The van der Waals surface area contributed by atoms with E-state index in [1.54, 1.807) is 13.8 Å². The van der Waals surface area contributed by atoms with Gasteiger partial charge >= 0.3 is 12.1 Å². The van der Waals surface area contributed by atoms with Crippen LogP contribution in [0.4, 0.5) is 4.79 Å². The highest BCUT2D eigenvalue weighted by atomic mass is 16.5. The van der Waals surface area contributed by atoms with Crippen molar-refractivity contribution in [1.29, 1.82) is 0 Å². The maximum absolute atomic E-state index is 12.7. The van der Waals surface area contributed by atoms with E-state index in [4.69, 9.17) is 9.84 Å². The Hall–Kier alpha value is -3.35. The van der Waals surface area contributed by atoms with Crippen molar-refractivity contribution in [3.8, 4) is 11.1 Å². The van der Waals surface area contributed by atoms with Crippen molar-refractivity contribution in [3.05, 3.63) is 59.7 Å². The molecule has 0 aromatic heterocycles. The zero-order chi connectivity index (χ0) is 22.9. The lowest BCUT2D eigenvalue weighted by Gasteiger charge is -2.27. The van der Waals surface area contributed by atoms with Crippen LogP contribution in [0.1, 0.15) is 50.2 Å². The molecule has 2 aliphatic carbocycles. The minimum atomic E-state index is -1.19. The van der Waals surface area contributed by atoms with Crippen LogP contribution in [0.2, 0.25) is 0 Å². The largest absolute Gasteiger partial charge is 0.481 e. The summed E-state index contributed by atoms with van der Waals surface area (Å²) in [6, 6.07) is 16.0. The average Bonchev–Trinajstić information content (AvgIpc) is 3.35. The minimum absolute atomic E-state index is 0.0588. The van der Waals surface area contributed by atoms with Crippen LogP contribution in [0, 0.1) is 5.92 Å². The molecule has 2 aromatic carbocycles. The fourth-order valence-electron chi connectivity index (χ4n) is 4.65. The van der Waals surface area contributed by atoms with E-state index in [2.05, 4.69) is 22.8 Å². The minimum Gasteiger partial charge on any atom is -0.481 e. The van der Waals surface area contributed by atoms with Crippen molar-refractivity contribution in [2.24, 2.45) is 5.92 Å². The number of nitrogens with one attached hydrogen (secondary N) is 2. The number of carbonyl (C=O) groups excluding carboxylic acids is 2. The van der Waals surface area contributed by atoms with Crippen LogP contribution in [0.3, 0.4) is 0 Å². The summed E-state index contributed by atoms with van der Waals surface area (Å²) in [5, 5.41) is 14.6. The molecule has 2 atom stereocenters. The molecular formula is C25H28N2O5. The van der Waals surface area contributed by atoms with E-state index in [9.17, 15) is 14.4 Å². The van der Waals surface area contributed by atoms with E-state index in [0.29, 0.717) is 19.3 Å². The lowest BCUT2D eigenvalue weighted by atomic mass is 9.98. The molecule has 0 bridgehead atoms. The van der Waals surface area contributed by atoms with Crippen LogP contribution < -0.4 is 10.6 Å². The van der Waals surface area contributed by atoms with Crippen molar-refractivity contribution < 1.29 is 24.2 Å². The number of amides is 2. The molecule has 7 nitrogen and oxygen atoms in total.